The largest absolute Gasteiger partial charge is 0.462 e. The van der Waals surface area contributed by atoms with Crippen LogP contribution in [0.15, 0.2) is 0 Å². The second kappa shape index (κ2) is 8.02. The van der Waals surface area contributed by atoms with Gasteiger partial charge >= 0.3 is 5.97 Å². The standard InChI is InChI=1S/C15H24N2O3S/c1-5-9-10-11(14(18)17(6-2)7-3)13(16)21-12(10)15(19)20-8-4/h5-9,16H2,1-4H3. The van der Waals surface area contributed by atoms with Crippen molar-refractivity contribution in [2.45, 2.75) is 40.5 Å². The minimum absolute atomic E-state index is 0.104. The summed E-state index contributed by atoms with van der Waals surface area (Å²) in [4.78, 5) is 26.8. The SMILES string of the molecule is CCCc1c(C(=O)OCC)sc(N)c1C(=O)N(CC)CC. The van der Waals surface area contributed by atoms with E-state index in [1.54, 1.807) is 11.8 Å². The highest BCUT2D eigenvalue weighted by Gasteiger charge is 2.27. The fourth-order valence-corrected chi connectivity index (χ4v) is 3.24. The Hall–Kier alpha value is -1.56. The Kier molecular flexibility index (Phi) is 6.68. The van der Waals surface area contributed by atoms with Crippen molar-refractivity contribution in [3.8, 4) is 0 Å². The molecule has 0 bridgehead atoms. The zero-order valence-corrected chi connectivity index (χ0v) is 14.0. The van der Waals surface area contributed by atoms with Gasteiger partial charge in [-0.2, -0.15) is 0 Å². The van der Waals surface area contributed by atoms with Crippen LogP contribution in [0.25, 0.3) is 0 Å². The maximum Gasteiger partial charge on any atom is 0.348 e. The van der Waals surface area contributed by atoms with Gasteiger partial charge in [-0.05, 0) is 32.8 Å². The highest BCUT2D eigenvalue weighted by atomic mass is 32.1. The fourth-order valence-electron chi connectivity index (χ4n) is 2.24. The Bertz CT molecular complexity index is 507. The number of nitrogen functional groups attached to an aromatic ring is 1. The van der Waals surface area contributed by atoms with Gasteiger partial charge in [0.25, 0.3) is 5.91 Å². The van der Waals surface area contributed by atoms with E-state index in [1.807, 2.05) is 20.8 Å². The molecule has 0 fully saturated rings. The second-order valence-electron chi connectivity index (χ2n) is 4.60. The molecule has 1 aromatic rings. The molecule has 0 unspecified atom stereocenters. The molecule has 0 aromatic carbocycles. The summed E-state index contributed by atoms with van der Waals surface area (Å²) in [6.07, 6.45) is 1.48. The van der Waals surface area contributed by atoms with Crippen LogP contribution in [0, 0.1) is 0 Å². The van der Waals surface area contributed by atoms with E-state index in [-0.39, 0.29) is 5.91 Å². The highest BCUT2D eigenvalue weighted by Crippen LogP contribution is 2.33. The van der Waals surface area contributed by atoms with Crippen LogP contribution in [-0.2, 0) is 11.2 Å². The number of carbonyl (C=O) groups is 2. The van der Waals surface area contributed by atoms with E-state index < -0.39 is 5.97 Å². The number of hydrogen-bond acceptors (Lipinski definition) is 5. The van der Waals surface area contributed by atoms with Crippen LogP contribution in [-0.4, -0.2) is 36.5 Å². The average Bonchev–Trinajstić information content (AvgIpc) is 2.77. The van der Waals surface area contributed by atoms with Crippen LogP contribution in [0.1, 0.15) is 59.7 Å². The van der Waals surface area contributed by atoms with E-state index in [9.17, 15) is 9.59 Å². The minimum Gasteiger partial charge on any atom is -0.462 e. The number of anilines is 1. The lowest BCUT2D eigenvalue weighted by Gasteiger charge is -2.19. The number of hydrogen-bond donors (Lipinski definition) is 1. The summed E-state index contributed by atoms with van der Waals surface area (Å²) in [5.41, 5.74) is 7.23. The lowest BCUT2D eigenvalue weighted by molar-refractivity contribution is 0.0531. The first kappa shape index (κ1) is 17.5. The third kappa shape index (κ3) is 3.75. The second-order valence-corrected chi connectivity index (χ2v) is 5.65. The molecule has 0 aliphatic rings. The first-order chi connectivity index (χ1) is 10.0. The van der Waals surface area contributed by atoms with Crippen molar-refractivity contribution < 1.29 is 14.3 Å². The van der Waals surface area contributed by atoms with E-state index >= 15 is 0 Å². The molecule has 1 rings (SSSR count). The van der Waals surface area contributed by atoms with Gasteiger partial charge in [-0.3, -0.25) is 4.79 Å². The Labute approximate surface area is 130 Å². The van der Waals surface area contributed by atoms with Crippen LogP contribution in [0.3, 0.4) is 0 Å². The molecular formula is C15H24N2O3S. The van der Waals surface area contributed by atoms with Gasteiger partial charge in [-0.15, -0.1) is 11.3 Å². The van der Waals surface area contributed by atoms with E-state index in [0.717, 1.165) is 23.3 Å². The summed E-state index contributed by atoms with van der Waals surface area (Å²) in [5.74, 6) is -0.496. The molecular weight excluding hydrogens is 288 g/mol. The number of amides is 1. The number of ether oxygens (including phenoxy) is 1. The topological polar surface area (TPSA) is 72.6 Å². The summed E-state index contributed by atoms with van der Waals surface area (Å²) < 4.78 is 5.07. The molecule has 1 aromatic heterocycles. The van der Waals surface area contributed by atoms with Gasteiger partial charge in [-0.1, -0.05) is 13.3 Å². The van der Waals surface area contributed by atoms with E-state index in [0.29, 0.717) is 41.6 Å². The van der Waals surface area contributed by atoms with Gasteiger partial charge in [0.05, 0.1) is 17.2 Å². The third-order valence-electron chi connectivity index (χ3n) is 3.26. The molecule has 6 heteroatoms. The molecule has 5 nitrogen and oxygen atoms in total. The zero-order valence-electron chi connectivity index (χ0n) is 13.2. The van der Waals surface area contributed by atoms with Gasteiger partial charge in [0, 0.05) is 13.1 Å². The molecule has 0 aliphatic heterocycles. The molecule has 0 aliphatic carbocycles. The maximum absolute atomic E-state index is 12.6. The normalized spacial score (nSPS) is 10.5. The van der Waals surface area contributed by atoms with Crippen molar-refractivity contribution in [1.82, 2.24) is 4.90 Å². The fraction of sp³-hybridized carbons (Fsp3) is 0.600. The Balaban J connectivity index is 3.31. The van der Waals surface area contributed by atoms with Gasteiger partial charge in [0.15, 0.2) is 0 Å². The third-order valence-corrected chi connectivity index (χ3v) is 4.30. The minimum atomic E-state index is -0.392. The number of nitrogens with zero attached hydrogens (tertiary/aromatic N) is 1. The first-order valence-corrected chi connectivity index (χ1v) is 8.20. The highest BCUT2D eigenvalue weighted by molar-refractivity contribution is 7.18. The first-order valence-electron chi connectivity index (χ1n) is 7.39. The monoisotopic (exact) mass is 312 g/mol. The van der Waals surface area contributed by atoms with Crippen molar-refractivity contribution >= 4 is 28.2 Å². The quantitative estimate of drug-likeness (QED) is 0.786. The molecule has 1 amide bonds. The predicted octanol–water partition coefficient (Wildman–Crippen LogP) is 2.94. The van der Waals surface area contributed by atoms with Crippen LogP contribution in [0.5, 0.6) is 0 Å². The Morgan fingerprint density at radius 2 is 1.81 bits per heavy atom. The van der Waals surface area contributed by atoms with E-state index in [1.165, 1.54) is 0 Å². The van der Waals surface area contributed by atoms with Gasteiger partial charge in [0.2, 0.25) is 0 Å². The molecule has 0 saturated carbocycles. The Morgan fingerprint density at radius 3 is 2.29 bits per heavy atom. The van der Waals surface area contributed by atoms with Crippen molar-refractivity contribution in [2.24, 2.45) is 0 Å². The predicted molar refractivity (Wildman–Crippen MR) is 85.9 cm³/mol. The molecule has 0 spiro atoms. The summed E-state index contributed by atoms with van der Waals surface area (Å²) in [7, 11) is 0. The van der Waals surface area contributed by atoms with E-state index in [2.05, 4.69) is 0 Å². The van der Waals surface area contributed by atoms with Gasteiger partial charge < -0.3 is 15.4 Å². The molecule has 21 heavy (non-hydrogen) atoms. The molecule has 118 valence electrons. The number of thiophene rings is 1. The van der Waals surface area contributed by atoms with Crippen molar-refractivity contribution in [1.29, 1.82) is 0 Å². The Morgan fingerprint density at radius 1 is 1.19 bits per heavy atom. The summed E-state index contributed by atoms with van der Waals surface area (Å²) >= 11 is 1.15. The number of esters is 1. The maximum atomic E-state index is 12.6. The van der Waals surface area contributed by atoms with Crippen LogP contribution in [0.4, 0.5) is 5.00 Å². The lowest BCUT2D eigenvalue weighted by Crippen LogP contribution is -2.31. The zero-order chi connectivity index (χ0) is 16.0. The number of nitrogens with two attached hydrogens (primary N) is 1. The summed E-state index contributed by atoms with van der Waals surface area (Å²) in [5, 5.41) is 0.401. The average molecular weight is 312 g/mol. The van der Waals surface area contributed by atoms with Gasteiger partial charge in [0.1, 0.15) is 4.88 Å². The number of carbonyl (C=O) groups excluding carboxylic acids is 2. The van der Waals surface area contributed by atoms with Crippen molar-refractivity contribution in [3.05, 3.63) is 16.0 Å². The molecule has 1 heterocycles. The number of rotatable bonds is 7. The molecule has 2 N–H and O–H groups in total. The lowest BCUT2D eigenvalue weighted by atomic mass is 10.0. The van der Waals surface area contributed by atoms with Crippen molar-refractivity contribution in [3.63, 3.8) is 0 Å². The molecule has 0 saturated heterocycles. The van der Waals surface area contributed by atoms with Crippen molar-refractivity contribution in [2.75, 3.05) is 25.4 Å². The molecule has 0 atom stereocenters. The summed E-state index contributed by atoms with van der Waals surface area (Å²) in [6.45, 7) is 9.16. The van der Waals surface area contributed by atoms with Gasteiger partial charge in [-0.25, -0.2) is 4.79 Å². The summed E-state index contributed by atoms with van der Waals surface area (Å²) in [6, 6.07) is 0. The van der Waals surface area contributed by atoms with Crippen LogP contribution in [0.2, 0.25) is 0 Å². The molecule has 0 radical (unpaired) electrons. The van der Waals surface area contributed by atoms with Crippen LogP contribution >= 0.6 is 11.3 Å². The van der Waals surface area contributed by atoms with E-state index in [4.69, 9.17) is 10.5 Å². The smallest absolute Gasteiger partial charge is 0.348 e. The van der Waals surface area contributed by atoms with Crippen LogP contribution < -0.4 is 5.73 Å².